The van der Waals surface area contributed by atoms with Gasteiger partial charge in [0.05, 0.1) is 39.5 Å². The van der Waals surface area contributed by atoms with Crippen molar-refractivity contribution in [2.24, 2.45) is 0 Å². The molecule has 34 heavy (non-hydrogen) atoms. The summed E-state index contributed by atoms with van der Waals surface area (Å²) in [6.45, 7) is 0. The van der Waals surface area contributed by atoms with Crippen LogP contribution in [0, 0.1) is 0 Å². The van der Waals surface area contributed by atoms with Crippen LogP contribution in [0.5, 0.6) is 0 Å². The molecule has 5 nitrogen and oxygen atoms in total. The zero-order valence-corrected chi connectivity index (χ0v) is 20.5. The third-order valence-corrected chi connectivity index (χ3v) is 6.20. The summed E-state index contributed by atoms with van der Waals surface area (Å²) < 4.78 is 100. The molecule has 2 heterocycles. The van der Waals surface area contributed by atoms with E-state index in [9.17, 15) is 35.5 Å². The molecule has 3 rings (SSSR count). The summed E-state index contributed by atoms with van der Waals surface area (Å²) in [7, 11) is 1.15. The number of aromatic nitrogens is 3. The molecule has 0 atom stereocenters. The van der Waals surface area contributed by atoms with Crippen LogP contribution in [-0.2, 0) is 15.9 Å². The highest BCUT2D eigenvalue weighted by Crippen LogP contribution is 2.54. The lowest BCUT2D eigenvalue weighted by Gasteiger charge is -2.30. The second kappa shape index (κ2) is 9.19. The van der Waals surface area contributed by atoms with Crippen molar-refractivity contribution in [3.63, 3.8) is 0 Å². The standard InChI is InChI=1S/C19H11Br2ClF7N3O2/c1-34-16(33)11-4-9(2-3-13(11)22)10-6-30-32(7-10)15-12(21)5-14(31(15)8-20)17(23,18(24,25)26)19(27,28)29/h2-7H,8H2,1H3. The average molecular weight is 642 g/mol. The molecule has 1 aromatic carbocycles. The van der Waals surface area contributed by atoms with Crippen LogP contribution in [0.1, 0.15) is 16.1 Å². The largest absolute Gasteiger partial charge is 0.465 e. The number of esters is 1. The Morgan fingerprint density at radius 1 is 1.09 bits per heavy atom. The first-order valence-electron chi connectivity index (χ1n) is 8.88. The highest BCUT2D eigenvalue weighted by atomic mass is 79.9. The summed E-state index contributed by atoms with van der Waals surface area (Å²) in [5.41, 5.74) is -7.20. The Hall–Kier alpha value is -2.06. The van der Waals surface area contributed by atoms with Crippen molar-refractivity contribution in [2.75, 3.05) is 7.11 Å². The second-order valence-corrected chi connectivity index (χ2v) is 8.53. The number of carbonyl (C=O) groups excluding carboxylic acids is 1. The molecule has 0 aliphatic carbocycles. The first-order valence-corrected chi connectivity index (χ1v) is 11.2. The van der Waals surface area contributed by atoms with Crippen molar-refractivity contribution in [1.29, 1.82) is 0 Å². The number of alkyl halides is 8. The van der Waals surface area contributed by atoms with E-state index < -0.39 is 35.1 Å². The lowest BCUT2D eigenvalue weighted by atomic mass is 10.0. The fourth-order valence-electron chi connectivity index (χ4n) is 3.16. The lowest BCUT2D eigenvalue weighted by Crippen LogP contribution is -2.51. The van der Waals surface area contributed by atoms with Gasteiger partial charge in [0.1, 0.15) is 5.82 Å². The molecule has 184 valence electrons. The van der Waals surface area contributed by atoms with E-state index in [1.165, 1.54) is 30.6 Å². The molecule has 0 bridgehead atoms. The quantitative estimate of drug-likeness (QED) is 0.169. The van der Waals surface area contributed by atoms with Crippen molar-refractivity contribution in [2.45, 2.75) is 23.5 Å². The second-order valence-electron chi connectivity index (χ2n) is 6.76. The average Bonchev–Trinajstić information content (AvgIpc) is 3.35. The molecule has 0 spiro atoms. The Bertz CT molecular complexity index is 1220. The van der Waals surface area contributed by atoms with Gasteiger partial charge in [0, 0.05) is 11.8 Å². The normalized spacial score (nSPS) is 12.8. The molecule has 3 aromatic rings. The minimum Gasteiger partial charge on any atom is -0.465 e. The molecule has 0 radical (unpaired) electrons. The van der Waals surface area contributed by atoms with Gasteiger partial charge in [-0.25, -0.2) is 13.9 Å². The van der Waals surface area contributed by atoms with Crippen LogP contribution in [-0.4, -0.2) is 39.8 Å². The third-order valence-electron chi connectivity index (χ3n) is 4.78. The maximum atomic E-state index is 14.8. The number of hydrogen-bond donors (Lipinski definition) is 0. The van der Waals surface area contributed by atoms with E-state index in [-0.39, 0.29) is 20.9 Å². The summed E-state index contributed by atoms with van der Waals surface area (Å²) in [6.07, 6.45) is -10.1. The fourth-order valence-corrected chi connectivity index (χ4v) is 4.47. The van der Waals surface area contributed by atoms with Gasteiger partial charge >= 0.3 is 24.0 Å². The van der Waals surface area contributed by atoms with Gasteiger partial charge < -0.3 is 9.30 Å². The van der Waals surface area contributed by atoms with E-state index in [0.29, 0.717) is 21.8 Å². The lowest BCUT2D eigenvalue weighted by molar-refractivity contribution is -0.350. The van der Waals surface area contributed by atoms with Crippen LogP contribution in [0.4, 0.5) is 30.7 Å². The first kappa shape index (κ1) is 26.5. The van der Waals surface area contributed by atoms with Crippen LogP contribution >= 0.6 is 43.5 Å². The molecule has 0 saturated heterocycles. The molecule has 0 amide bonds. The molecule has 0 N–H and O–H groups in total. The Kier molecular flexibility index (Phi) is 7.17. The van der Waals surface area contributed by atoms with E-state index in [0.717, 1.165) is 11.8 Å². The number of hydrogen-bond acceptors (Lipinski definition) is 3. The minimum absolute atomic E-state index is 0.0271. The molecule has 2 aromatic heterocycles. The highest BCUT2D eigenvalue weighted by molar-refractivity contribution is 9.10. The van der Waals surface area contributed by atoms with Crippen molar-refractivity contribution in [3.8, 4) is 16.9 Å². The summed E-state index contributed by atoms with van der Waals surface area (Å²) in [5.74, 6) is -1.03. The van der Waals surface area contributed by atoms with Crippen LogP contribution in [0.3, 0.4) is 0 Å². The molecular weight excluding hydrogens is 630 g/mol. The Morgan fingerprint density at radius 3 is 2.24 bits per heavy atom. The monoisotopic (exact) mass is 639 g/mol. The Morgan fingerprint density at radius 2 is 1.71 bits per heavy atom. The molecule has 0 aliphatic heterocycles. The highest BCUT2D eigenvalue weighted by Gasteiger charge is 2.75. The summed E-state index contributed by atoms with van der Waals surface area (Å²) in [6, 6.07) is 4.69. The van der Waals surface area contributed by atoms with Gasteiger partial charge in [0.15, 0.2) is 0 Å². The number of nitrogens with zero attached hydrogens (tertiary/aromatic N) is 3. The van der Waals surface area contributed by atoms with E-state index in [4.69, 9.17) is 11.6 Å². The number of rotatable bonds is 5. The Balaban J connectivity index is 2.16. The Labute approximate surface area is 208 Å². The summed E-state index contributed by atoms with van der Waals surface area (Å²) in [4.78, 5) is 11.9. The number of benzene rings is 1. The van der Waals surface area contributed by atoms with Crippen molar-refractivity contribution in [1.82, 2.24) is 14.3 Å². The fraction of sp³-hybridized carbons (Fsp3) is 0.263. The van der Waals surface area contributed by atoms with Crippen molar-refractivity contribution < 1.29 is 40.3 Å². The van der Waals surface area contributed by atoms with E-state index >= 15 is 0 Å². The zero-order chi connectivity index (χ0) is 25.6. The van der Waals surface area contributed by atoms with Gasteiger partial charge in [-0.3, -0.25) is 0 Å². The molecule has 0 aliphatic rings. The van der Waals surface area contributed by atoms with Crippen LogP contribution < -0.4 is 0 Å². The minimum atomic E-state index is -6.29. The maximum absolute atomic E-state index is 14.8. The van der Waals surface area contributed by atoms with Crippen molar-refractivity contribution >= 4 is 49.4 Å². The predicted octanol–water partition coefficient (Wildman–Crippen LogP) is 7.19. The summed E-state index contributed by atoms with van der Waals surface area (Å²) in [5, 5.41) is 4.08. The summed E-state index contributed by atoms with van der Waals surface area (Å²) >= 11 is 11.7. The molecular formula is C19H11Br2ClF7N3O2. The molecule has 0 fully saturated rings. The van der Waals surface area contributed by atoms with Crippen LogP contribution in [0.25, 0.3) is 16.9 Å². The SMILES string of the molecule is COC(=O)c1cc(-c2cnn(-c3c(Br)cc(C(F)(C(F)(F)F)C(F)(F)F)n3CBr)c2)ccc1Cl. The zero-order valence-electron chi connectivity index (χ0n) is 16.6. The van der Waals surface area contributed by atoms with Crippen LogP contribution in [0.15, 0.2) is 41.1 Å². The van der Waals surface area contributed by atoms with Gasteiger partial charge in [-0.2, -0.15) is 31.4 Å². The third kappa shape index (κ3) is 4.35. The molecule has 15 heteroatoms. The maximum Gasteiger partial charge on any atom is 0.437 e. The van der Waals surface area contributed by atoms with Gasteiger partial charge in [-0.05, 0) is 39.7 Å². The van der Waals surface area contributed by atoms with E-state index in [1.54, 1.807) is 0 Å². The van der Waals surface area contributed by atoms with E-state index in [1.807, 2.05) is 0 Å². The number of halogens is 10. The topological polar surface area (TPSA) is 49.0 Å². The van der Waals surface area contributed by atoms with Gasteiger partial charge in [0.2, 0.25) is 0 Å². The first-order chi connectivity index (χ1) is 15.7. The van der Waals surface area contributed by atoms with Gasteiger partial charge in [-0.1, -0.05) is 33.6 Å². The van der Waals surface area contributed by atoms with E-state index in [2.05, 4.69) is 41.7 Å². The van der Waals surface area contributed by atoms with Crippen molar-refractivity contribution in [3.05, 3.63) is 57.4 Å². The van der Waals surface area contributed by atoms with Gasteiger partial charge in [0.25, 0.3) is 0 Å². The number of ether oxygens (including phenoxy) is 1. The molecule has 0 saturated carbocycles. The molecule has 0 unspecified atom stereocenters. The predicted molar refractivity (Wildman–Crippen MR) is 115 cm³/mol. The number of carbonyl (C=O) groups is 1. The van der Waals surface area contributed by atoms with Gasteiger partial charge in [-0.15, -0.1) is 0 Å². The van der Waals surface area contributed by atoms with Crippen LogP contribution in [0.2, 0.25) is 5.02 Å². The smallest absolute Gasteiger partial charge is 0.437 e. The number of methoxy groups -OCH3 is 1.